The Labute approximate surface area is 252 Å². The van der Waals surface area contributed by atoms with Gasteiger partial charge in [-0.15, -0.1) is 0 Å². The van der Waals surface area contributed by atoms with E-state index in [0.717, 1.165) is 42.8 Å². The minimum absolute atomic E-state index is 0.000689. The van der Waals surface area contributed by atoms with E-state index in [1.807, 2.05) is 30.3 Å². The summed E-state index contributed by atoms with van der Waals surface area (Å²) in [6, 6.07) is 13.2. The summed E-state index contributed by atoms with van der Waals surface area (Å²) in [7, 11) is 1.46. The highest BCUT2D eigenvalue weighted by atomic mass is 19.4. The third-order valence-electron chi connectivity index (χ3n) is 8.17. The number of hydrogen-bond donors (Lipinski definition) is 2. The van der Waals surface area contributed by atoms with Crippen LogP contribution in [0.3, 0.4) is 0 Å². The summed E-state index contributed by atoms with van der Waals surface area (Å²) < 4.78 is 47.0. The van der Waals surface area contributed by atoms with Crippen molar-refractivity contribution >= 4 is 23.5 Å². The van der Waals surface area contributed by atoms with Gasteiger partial charge in [-0.05, 0) is 49.6 Å². The molecule has 10 nitrogen and oxygen atoms in total. The van der Waals surface area contributed by atoms with E-state index in [4.69, 9.17) is 4.74 Å². The van der Waals surface area contributed by atoms with Crippen LogP contribution in [0.25, 0.3) is 5.69 Å². The van der Waals surface area contributed by atoms with Crippen LogP contribution in [0.5, 0.6) is 5.75 Å². The predicted octanol–water partition coefficient (Wildman–Crippen LogP) is 4.48. The molecule has 0 radical (unpaired) electrons. The number of carbonyl (C=O) groups excluding carboxylic acids is 2. The number of nitrogens with one attached hydrogen (secondary N) is 1. The maximum Gasteiger partial charge on any atom is 0.416 e. The first-order valence-electron chi connectivity index (χ1n) is 14.5. The van der Waals surface area contributed by atoms with Gasteiger partial charge >= 0.3 is 12.1 Å². The molecule has 1 unspecified atom stereocenters. The Morgan fingerprint density at radius 3 is 2.30 bits per heavy atom. The quantitative estimate of drug-likeness (QED) is 0.346. The number of hydrogen-bond acceptors (Lipinski definition) is 6. The summed E-state index contributed by atoms with van der Waals surface area (Å²) in [6.45, 7) is 0.915. The van der Waals surface area contributed by atoms with Gasteiger partial charge in [0.2, 0.25) is 5.91 Å². The molecular formula is C31H34F3N5O5. The molecule has 0 bridgehead atoms. The van der Waals surface area contributed by atoms with Crippen LogP contribution in [0, 0.1) is 0 Å². The molecule has 3 aromatic rings. The minimum atomic E-state index is -4.47. The lowest BCUT2D eigenvalue weighted by Gasteiger charge is -2.37. The first-order valence-corrected chi connectivity index (χ1v) is 14.5. The Bertz CT molecular complexity index is 1500. The second kappa shape index (κ2) is 13.0. The molecule has 2 amide bonds. The fourth-order valence-corrected chi connectivity index (χ4v) is 5.61. The highest BCUT2D eigenvalue weighted by Crippen LogP contribution is 2.43. The summed E-state index contributed by atoms with van der Waals surface area (Å²) in [5, 5.41) is 16.6. The number of piperazine rings is 1. The van der Waals surface area contributed by atoms with Crippen molar-refractivity contribution in [2.45, 2.75) is 50.2 Å². The van der Waals surface area contributed by atoms with Crippen molar-refractivity contribution in [3.05, 3.63) is 71.5 Å². The number of carboxylic acids is 1. The van der Waals surface area contributed by atoms with E-state index in [1.54, 1.807) is 15.6 Å². The van der Waals surface area contributed by atoms with Crippen molar-refractivity contribution in [2.24, 2.45) is 0 Å². The number of aromatic nitrogens is 2. The van der Waals surface area contributed by atoms with Gasteiger partial charge in [0.05, 0.1) is 24.1 Å². The number of halogens is 3. The van der Waals surface area contributed by atoms with E-state index >= 15 is 0 Å². The number of methoxy groups -OCH3 is 1. The van der Waals surface area contributed by atoms with Gasteiger partial charge in [0, 0.05) is 44.2 Å². The lowest BCUT2D eigenvalue weighted by Crippen LogP contribution is -2.55. The molecule has 234 valence electrons. The van der Waals surface area contributed by atoms with E-state index in [-0.39, 0.29) is 50.6 Å². The molecule has 1 saturated carbocycles. The molecule has 0 spiro atoms. The third-order valence-corrected chi connectivity index (χ3v) is 8.17. The summed E-state index contributed by atoms with van der Waals surface area (Å²) >= 11 is 0. The van der Waals surface area contributed by atoms with Gasteiger partial charge in [0.1, 0.15) is 6.04 Å². The topological polar surface area (TPSA) is 117 Å². The fraction of sp³-hybridized carbons (Fsp3) is 0.419. The first kappa shape index (κ1) is 30.9. The Kier molecular flexibility index (Phi) is 9.12. The molecule has 1 atom stereocenters. The van der Waals surface area contributed by atoms with Gasteiger partial charge in [-0.2, -0.15) is 18.3 Å². The third kappa shape index (κ3) is 6.66. The summed E-state index contributed by atoms with van der Waals surface area (Å²) in [5.74, 6) is -1.79. The number of ether oxygens (including phenoxy) is 1. The van der Waals surface area contributed by atoms with Crippen LogP contribution < -0.4 is 15.0 Å². The summed E-state index contributed by atoms with van der Waals surface area (Å²) in [6.07, 6.45) is -2.09. The van der Waals surface area contributed by atoms with E-state index in [2.05, 4.69) is 10.4 Å². The van der Waals surface area contributed by atoms with Gasteiger partial charge in [0.25, 0.3) is 5.91 Å². The number of para-hydroxylation sites is 1. The fourth-order valence-electron chi connectivity index (χ4n) is 5.61. The van der Waals surface area contributed by atoms with Crippen LogP contribution in [0.4, 0.5) is 18.9 Å². The second-order valence-electron chi connectivity index (χ2n) is 11.0. The molecule has 1 aliphatic heterocycles. The molecule has 2 fully saturated rings. The average molecular weight is 614 g/mol. The zero-order valence-electron chi connectivity index (χ0n) is 24.2. The van der Waals surface area contributed by atoms with Gasteiger partial charge < -0.3 is 25.0 Å². The number of aliphatic carboxylic acids is 1. The van der Waals surface area contributed by atoms with Crippen molar-refractivity contribution in [1.29, 1.82) is 0 Å². The first-order chi connectivity index (χ1) is 21.1. The normalized spacial score (nSPS) is 16.3. The van der Waals surface area contributed by atoms with Crippen LogP contribution in [-0.2, 0) is 15.8 Å². The summed E-state index contributed by atoms with van der Waals surface area (Å²) in [4.78, 5) is 41.9. The molecule has 2 heterocycles. The van der Waals surface area contributed by atoms with Gasteiger partial charge in [0.15, 0.2) is 11.4 Å². The molecule has 13 heteroatoms. The van der Waals surface area contributed by atoms with Crippen LogP contribution in [0.2, 0.25) is 0 Å². The Hall–Kier alpha value is -4.55. The SMILES string of the molecule is COc1c(C(=O)NC(CCC(=O)O)C(=O)N2CCN(c3cccc(C(F)(F)F)c3)CC2)nn(-c2ccccc2)c1C1CCC1. The van der Waals surface area contributed by atoms with Crippen molar-refractivity contribution in [3.8, 4) is 11.4 Å². The number of anilines is 1. The largest absolute Gasteiger partial charge is 0.492 e. The number of amides is 2. The van der Waals surface area contributed by atoms with Gasteiger partial charge in [-0.25, -0.2) is 4.68 Å². The van der Waals surface area contributed by atoms with Crippen molar-refractivity contribution < 1.29 is 37.4 Å². The number of carboxylic acid groups (broad SMARTS) is 1. The number of nitrogens with zero attached hydrogens (tertiary/aromatic N) is 4. The standard InChI is InChI=1S/C31H34F3N5O5/c1-44-28-26(36-39(22-10-3-2-4-11-22)27(28)20-7-5-8-20)29(42)35-24(13-14-25(40)41)30(43)38-17-15-37(16-18-38)23-12-6-9-21(19-23)31(32,33)34/h2-4,6,9-12,19-20,24H,5,7-8,13-18H2,1H3,(H,35,42)(H,40,41). The van der Waals surface area contributed by atoms with Crippen molar-refractivity contribution in [2.75, 3.05) is 38.2 Å². The van der Waals surface area contributed by atoms with E-state index in [0.29, 0.717) is 11.4 Å². The van der Waals surface area contributed by atoms with Gasteiger partial charge in [-0.1, -0.05) is 30.7 Å². The second-order valence-corrected chi connectivity index (χ2v) is 11.0. The van der Waals surface area contributed by atoms with Crippen LogP contribution >= 0.6 is 0 Å². The predicted molar refractivity (Wildman–Crippen MR) is 155 cm³/mol. The zero-order chi connectivity index (χ0) is 31.4. The minimum Gasteiger partial charge on any atom is -0.492 e. The van der Waals surface area contributed by atoms with E-state index < -0.39 is 35.6 Å². The number of rotatable bonds is 10. The molecule has 2 aliphatic rings. The molecule has 1 aliphatic carbocycles. The number of carbonyl (C=O) groups is 3. The monoisotopic (exact) mass is 613 g/mol. The highest BCUT2D eigenvalue weighted by molar-refractivity contribution is 5.98. The molecule has 2 N–H and O–H groups in total. The van der Waals surface area contributed by atoms with Gasteiger partial charge in [-0.3, -0.25) is 14.4 Å². The Balaban J connectivity index is 1.34. The molecule has 2 aromatic carbocycles. The number of benzene rings is 2. The molecular weight excluding hydrogens is 579 g/mol. The molecule has 1 saturated heterocycles. The Morgan fingerprint density at radius 1 is 1.02 bits per heavy atom. The van der Waals surface area contributed by atoms with E-state index in [9.17, 15) is 32.7 Å². The van der Waals surface area contributed by atoms with E-state index in [1.165, 1.54) is 18.1 Å². The maximum absolute atomic E-state index is 13.7. The van der Waals surface area contributed by atoms with Crippen LogP contribution in [0.1, 0.15) is 59.8 Å². The Morgan fingerprint density at radius 2 is 1.70 bits per heavy atom. The smallest absolute Gasteiger partial charge is 0.416 e. The molecule has 1 aromatic heterocycles. The number of alkyl halides is 3. The lowest BCUT2D eigenvalue weighted by molar-refractivity contribution is -0.138. The van der Waals surface area contributed by atoms with Crippen molar-refractivity contribution in [3.63, 3.8) is 0 Å². The van der Waals surface area contributed by atoms with Crippen LogP contribution in [0.15, 0.2) is 54.6 Å². The highest BCUT2D eigenvalue weighted by Gasteiger charge is 2.36. The van der Waals surface area contributed by atoms with Crippen LogP contribution in [-0.4, -0.2) is 76.9 Å². The zero-order valence-corrected chi connectivity index (χ0v) is 24.2. The maximum atomic E-state index is 13.7. The molecule has 5 rings (SSSR count). The van der Waals surface area contributed by atoms with Crippen molar-refractivity contribution in [1.82, 2.24) is 20.0 Å². The summed E-state index contributed by atoms with van der Waals surface area (Å²) in [5.41, 5.74) is 1.17. The lowest BCUT2D eigenvalue weighted by atomic mass is 9.82. The molecule has 44 heavy (non-hydrogen) atoms. The average Bonchev–Trinajstić information content (AvgIpc) is 3.37.